The average Bonchev–Trinajstić information content (AvgIpc) is 2.62. The van der Waals surface area contributed by atoms with E-state index in [1.54, 1.807) is 12.1 Å². The van der Waals surface area contributed by atoms with Crippen LogP contribution in [0.2, 0.25) is 0 Å². The van der Waals surface area contributed by atoms with Crippen LogP contribution in [0.15, 0.2) is 24.3 Å². The summed E-state index contributed by atoms with van der Waals surface area (Å²) in [6.07, 6.45) is 9.43. The molecule has 0 spiro atoms. The molecule has 1 aromatic carbocycles. The first-order valence-electron chi connectivity index (χ1n) is 9.49. The zero-order chi connectivity index (χ0) is 18.3. The maximum atomic E-state index is 12.2. The van der Waals surface area contributed by atoms with Crippen molar-refractivity contribution in [3.05, 3.63) is 29.8 Å². The van der Waals surface area contributed by atoms with E-state index in [-0.39, 0.29) is 5.91 Å². The summed E-state index contributed by atoms with van der Waals surface area (Å²) in [5.41, 5.74) is 0.577. The number of thiocarbonyl (C=S) groups is 1. The first-order valence-corrected chi connectivity index (χ1v) is 9.90. The topological polar surface area (TPSA) is 50.4 Å². The predicted molar refractivity (Wildman–Crippen MR) is 108 cm³/mol. The molecule has 0 aromatic heterocycles. The van der Waals surface area contributed by atoms with E-state index >= 15 is 0 Å². The Labute approximate surface area is 157 Å². The molecule has 0 saturated carbocycles. The van der Waals surface area contributed by atoms with Gasteiger partial charge in [0.05, 0.1) is 6.61 Å². The van der Waals surface area contributed by atoms with E-state index in [0.717, 1.165) is 25.1 Å². The van der Waals surface area contributed by atoms with Crippen LogP contribution in [0.1, 0.15) is 75.6 Å². The van der Waals surface area contributed by atoms with Crippen LogP contribution >= 0.6 is 12.2 Å². The highest BCUT2D eigenvalue weighted by Crippen LogP contribution is 2.13. The summed E-state index contributed by atoms with van der Waals surface area (Å²) >= 11 is 5.17. The Hall–Kier alpha value is -1.62. The number of amides is 1. The SMILES string of the molecule is CCCCCCCNC(=S)NC(=O)c1ccc(OCCCCC)cc1. The smallest absolute Gasteiger partial charge is 0.257 e. The maximum Gasteiger partial charge on any atom is 0.257 e. The zero-order valence-electron chi connectivity index (χ0n) is 15.6. The van der Waals surface area contributed by atoms with E-state index in [1.807, 2.05) is 12.1 Å². The highest BCUT2D eigenvalue weighted by Gasteiger charge is 2.07. The van der Waals surface area contributed by atoms with E-state index in [4.69, 9.17) is 17.0 Å². The third-order valence-corrected chi connectivity index (χ3v) is 4.17. The molecule has 0 aliphatic carbocycles. The number of carbonyl (C=O) groups is 1. The Bertz CT molecular complexity index is 503. The van der Waals surface area contributed by atoms with Crippen LogP contribution in [-0.2, 0) is 0 Å². The van der Waals surface area contributed by atoms with Crippen LogP contribution in [0.5, 0.6) is 5.75 Å². The third kappa shape index (κ3) is 10.1. The molecule has 0 unspecified atom stereocenters. The average molecular weight is 365 g/mol. The van der Waals surface area contributed by atoms with Gasteiger partial charge in [0.15, 0.2) is 5.11 Å². The summed E-state index contributed by atoms with van der Waals surface area (Å²) < 4.78 is 5.65. The molecule has 0 atom stereocenters. The molecule has 0 saturated heterocycles. The summed E-state index contributed by atoms with van der Waals surface area (Å²) in [4.78, 5) is 12.2. The van der Waals surface area contributed by atoms with Crippen molar-refractivity contribution in [2.24, 2.45) is 0 Å². The molecule has 1 rings (SSSR count). The monoisotopic (exact) mass is 364 g/mol. The lowest BCUT2D eigenvalue weighted by molar-refractivity contribution is 0.0976. The number of hydrogen-bond acceptors (Lipinski definition) is 3. The van der Waals surface area contributed by atoms with Gasteiger partial charge in [-0.05, 0) is 49.3 Å². The molecule has 0 bridgehead atoms. The Kier molecular flexibility index (Phi) is 11.7. The minimum absolute atomic E-state index is 0.194. The van der Waals surface area contributed by atoms with Gasteiger partial charge < -0.3 is 10.1 Å². The van der Waals surface area contributed by atoms with Gasteiger partial charge in [0.2, 0.25) is 0 Å². The van der Waals surface area contributed by atoms with Gasteiger partial charge in [-0.25, -0.2) is 0 Å². The van der Waals surface area contributed by atoms with Gasteiger partial charge >= 0.3 is 0 Å². The van der Waals surface area contributed by atoms with Crippen molar-refractivity contribution in [3.8, 4) is 5.75 Å². The molecule has 0 aliphatic rings. The van der Waals surface area contributed by atoms with Gasteiger partial charge in [0.1, 0.15) is 5.75 Å². The van der Waals surface area contributed by atoms with E-state index in [9.17, 15) is 4.79 Å². The minimum atomic E-state index is -0.194. The fourth-order valence-corrected chi connectivity index (χ4v) is 2.59. The lowest BCUT2D eigenvalue weighted by Gasteiger charge is -2.10. The number of nitrogens with one attached hydrogen (secondary N) is 2. The molecule has 1 aromatic rings. The molecule has 0 heterocycles. The van der Waals surface area contributed by atoms with Crippen LogP contribution in [0.4, 0.5) is 0 Å². The van der Waals surface area contributed by atoms with Crippen molar-refractivity contribution in [1.29, 1.82) is 0 Å². The Morgan fingerprint density at radius 3 is 2.28 bits per heavy atom. The van der Waals surface area contributed by atoms with Crippen molar-refractivity contribution in [3.63, 3.8) is 0 Å². The molecular formula is C20H32N2O2S. The van der Waals surface area contributed by atoms with Crippen molar-refractivity contribution >= 4 is 23.2 Å². The Balaban J connectivity index is 2.25. The fraction of sp³-hybridized carbons (Fsp3) is 0.600. The van der Waals surface area contributed by atoms with Crippen molar-refractivity contribution in [2.75, 3.05) is 13.2 Å². The van der Waals surface area contributed by atoms with E-state index in [0.29, 0.717) is 17.3 Å². The number of rotatable bonds is 12. The van der Waals surface area contributed by atoms with Gasteiger partial charge in [0, 0.05) is 12.1 Å². The number of ether oxygens (including phenoxy) is 1. The second kappa shape index (κ2) is 13.6. The molecule has 0 fully saturated rings. The molecular weight excluding hydrogens is 332 g/mol. The normalized spacial score (nSPS) is 10.3. The second-order valence-corrected chi connectivity index (χ2v) is 6.61. The van der Waals surface area contributed by atoms with Gasteiger partial charge in [-0.15, -0.1) is 0 Å². The van der Waals surface area contributed by atoms with Crippen LogP contribution in [-0.4, -0.2) is 24.2 Å². The molecule has 2 N–H and O–H groups in total. The lowest BCUT2D eigenvalue weighted by atomic mass is 10.1. The predicted octanol–water partition coefficient (Wildman–Crippen LogP) is 4.83. The van der Waals surface area contributed by atoms with Gasteiger partial charge in [0.25, 0.3) is 5.91 Å². The molecule has 4 nitrogen and oxygen atoms in total. The van der Waals surface area contributed by atoms with Gasteiger partial charge in [-0.3, -0.25) is 10.1 Å². The Morgan fingerprint density at radius 1 is 0.960 bits per heavy atom. The quantitative estimate of drug-likeness (QED) is 0.412. The number of carbonyl (C=O) groups excluding carboxylic acids is 1. The standard InChI is InChI=1S/C20H32N2O2S/c1-3-5-7-8-9-15-21-20(25)22-19(23)17-11-13-18(14-12-17)24-16-10-6-4-2/h11-14H,3-10,15-16H2,1-2H3,(H2,21,22,23,25). The second-order valence-electron chi connectivity index (χ2n) is 6.20. The van der Waals surface area contributed by atoms with E-state index in [2.05, 4.69) is 24.5 Å². The summed E-state index contributed by atoms with van der Waals surface area (Å²) in [5, 5.41) is 6.19. The summed E-state index contributed by atoms with van der Waals surface area (Å²) in [6.45, 7) is 5.88. The maximum absolute atomic E-state index is 12.2. The molecule has 0 radical (unpaired) electrons. The first-order chi connectivity index (χ1) is 12.2. The summed E-state index contributed by atoms with van der Waals surface area (Å²) in [5.74, 6) is 0.599. The van der Waals surface area contributed by atoms with Gasteiger partial charge in [-0.2, -0.15) is 0 Å². The van der Waals surface area contributed by atoms with Crippen molar-refractivity contribution in [1.82, 2.24) is 10.6 Å². The third-order valence-electron chi connectivity index (χ3n) is 3.93. The zero-order valence-corrected chi connectivity index (χ0v) is 16.4. The van der Waals surface area contributed by atoms with Crippen LogP contribution < -0.4 is 15.4 Å². The summed E-state index contributed by atoms with van der Waals surface area (Å²) in [6, 6.07) is 7.17. The van der Waals surface area contributed by atoms with Gasteiger partial charge in [-0.1, -0.05) is 52.4 Å². The van der Waals surface area contributed by atoms with Crippen LogP contribution in [0.25, 0.3) is 0 Å². The highest BCUT2D eigenvalue weighted by atomic mass is 32.1. The summed E-state index contributed by atoms with van der Waals surface area (Å²) in [7, 11) is 0. The molecule has 0 aliphatic heterocycles. The molecule has 25 heavy (non-hydrogen) atoms. The van der Waals surface area contributed by atoms with E-state index < -0.39 is 0 Å². The number of unbranched alkanes of at least 4 members (excludes halogenated alkanes) is 6. The van der Waals surface area contributed by atoms with Crippen LogP contribution in [0, 0.1) is 0 Å². The Morgan fingerprint density at radius 2 is 1.60 bits per heavy atom. The van der Waals surface area contributed by atoms with E-state index in [1.165, 1.54) is 38.5 Å². The lowest BCUT2D eigenvalue weighted by Crippen LogP contribution is -2.39. The van der Waals surface area contributed by atoms with Crippen LogP contribution in [0.3, 0.4) is 0 Å². The minimum Gasteiger partial charge on any atom is -0.494 e. The molecule has 140 valence electrons. The number of benzene rings is 1. The first kappa shape index (κ1) is 21.4. The molecule has 1 amide bonds. The van der Waals surface area contributed by atoms with Crippen molar-refractivity contribution in [2.45, 2.75) is 65.2 Å². The number of hydrogen-bond donors (Lipinski definition) is 2. The highest BCUT2D eigenvalue weighted by molar-refractivity contribution is 7.80. The molecule has 5 heteroatoms. The fourth-order valence-electron chi connectivity index (χ4n) is 2.39. The largest absolute Gasteiger partial charge is 0.494 e. The van der Waals surface area contributed by atoms with Crippen molar-refractivity contribution < 1.29 is 9.53 Å².